The third-order valence-corrected chi connectivity index (χ3v) is 5.92. The van der Waals surface area contributed by atoms with Crippen molar-refractivity contribution in [3.63, 3.8) is 0 Å². The van der Waals surface area contributed by atoms with Crippen LogP contribution < -0.4 is 9.04 Å². The van der Waals surface area contributed by atoms with E-state index in [1.807, 2.05) is 0 Å². The number of methoxy groups -OCH3 is 2. The van der Waals surface area contributed by atoms with Crippen LogP contribution in [0, 0.1) is 5.92 Å². The number of hydrogen-bond donors (Lipinski definition) is 0. The maximum atomic E-state index is 12.6. The highest BCUT2D eigenvalue weighted by Gasteiger charge is 2.30. The molecule has 1 aliphatic heterocycles. The average molecular weight is 419 g/mol. The number of likely N-dealkylation sites (tertiary alicyclic amines) is 1. The van der Waals surface area contributed by atoms with Gasteiger partial charge in [0.2, 0.25) is 15.9 Å². The molecule has 0 aliphatic carbocycles. The SMILES string of the molecule is COC(=O)C1CCN(C(=O)CN(c2ccc(OC)c(Cl)c2)S(C)(=O)=O)CC1. The average Bonchev–Trinajstić information content (AvgIpc) is 2.64. The minimum atomic E-state index is -3.70. The number of sulfonamides is 1. The third-order valence-electron chi connectivity index (χ3n) is 4.48. The quantitative estimate of drug-likeness (QED) is 0.650. The molecule has 0 radical (unpaired) electrons. The zero-order valence-corrected chi connectivity index (χ0v) is 17.0. The van der Waals surface area contributed by atoms with E-state index in [-0.39, 0.29) is 35.0 Å². The van der Waals surface area contributed by atoms with E-state index in [9.17, 15) is 18.0 Å². The molecule has 1 aliphatic rings. The number of hydrogen-bond acceptors (Lipinski definition) is 6. The van der Waals surface area contributed by atoms with Crippen LogP contribution in [0.4, 0.5) is 5.69 Å². The Kier molecular flexibility index (Phi) is 6.94. The molecule has 0 atom stereocenters. The maximum Gasteiger partial charge on any atom is 0.308 e. The molecule has 1 heterocycles. The molecular formula is C17H23ClN2O6S. The fourth-order valence-corrected chi connectivity index (χ4v) is 4.06. The summed E-state index contributed by atoms with van der Waals surface area (Å²) in [6, 6.07) is 4.52. The normalized spacial score (nSPS) is 15.3. The fourth-order valence-electron chi connectivity index (χ4n) is 2.96. The Bertz CT molecular complexity index is 806. The van der Waals surface area contributed by atoms with Crippen LogP contribution in [-0.2, 0) is 24.3 Å². The molecule has 1 aromatic rings. The molecule has 0 saturated carbocycles. The highest BCUT2D eigenvalue weighted by atomic mass is 35.5. The molecule has 8 nitrogen and oxygen atoms in total. The van der Waals surface area contributed by atoms with Gasteiger partial charge in [-0.25, -0.2) is 8.42 Å². The van der Waals surface area contributed by atoms with Crippen molar-refractivity contribution in [1.29, 1.82) is 0 Å². The first-order valence-electron chi connectivity index (χ1n) is 8.34. The smallest absolute Gasteiger partial charge is 0.308 e. The molecule has 27 heavy (non-hydrogen) atoms. The second-order valence-electron chi connectivity index (χ2n) is 6.27. The molecule has 1 fully saturated rings. The topological polar surface area (TPSA) is 93.2 Å². The number of nitrogens with zero attached hydrogens (tertiary/aromatic N) is 2. The largest absolute Gasteiger partial charge is 0.495 e. The second-order valence-corrected chi connectivity index (χ2v) is 8.58. The van der Waals surface area contributed by atoms with Crippen molar-refractivity contribution >= 4 is 39.2 Å². The van der Waals surface area contributed by atoms with E-state index in [1.54, 1.807) is 11.0 Å². The molecule has 10 heteroatoms. The number of amides is 1. The number of esters is 1. The van der Waals surface area contributed by atoms with Crippen LogP contribution in [0.3, 0.4) is 0 Å². The Morgan fingerprint density at radius 3 is 2.37 bits per heavy atom. The molecule has 0 unspecified atom stereocenters. The van der Waals surface area contributed by atoms with Crippen LogP contribution in [0.1, 0.15) is 12.8 Å². The van der Waals surface area contributed by atoms with Gasteiger partial charge in [0.25, 0.3) is 0 Å². The van der Waals surface area contributed by atoms with Gasteiger partial charge in [-0.3, -0.25) is 13.9 Å². The number of piperidine rings is 1. The van der Waals surface area contributed by atoms with Gasteiger partial charge >= 0.3 is 5.97 Å². The Morgan fingerprint density at radius 1 is 1.26 bits per heavy atom. The Balaban J connectivity index is 2.12. The summed E-state index contributed by atoms with van der Waals surface area (Å²) in [5.41, 5.74) is 0.279. The lowest BCUT2D eigenvalue weighted by Gasteiger charge is -2.32. The molecule has 0 aromatic heterocycles. The molecule has 0 N–H and O–H groups in total. The van der Waals surface area contributed by atoms with E-state index in [1.165, 1.54) is 26.4 Å². The summed E-state index contributed by atoms with van der Waals surface area (Å²) in [7, 11) is -0.912. The zero-order chi connectivity index (χ0) is 20.2. The lowest BCUT2D eigenvalue weighted by molar-refractivity contribution is -0.148. The number of rotatable bonds is 6. The van der Waals surface area contributed by atoms with Crippen LogP contribution in [0.5, 0.6) is 5.75 Å². The van der Waals surface area contributed by atoms with E-state index >= 15 is 0 Å². The van der Waals surface area contributed by atoms with Crippen LogP contribution in [0.25, 0.3) is 0 Å². The minimum absolute atomic E-state index is 0.231. The number of benzene rings is 1. The van der Waals surface area contributed by atoms with Crippen LogP contribution in [0.2, 0.25) is 5.02 Å². The van der Waals surface area contributed by atoms with Gasteiger partial charge in [-0.1, -0.05) is 11.6 Å². The third kappa shape index (κ3) is 5.26. The van der Waals surface area contributed by atoms with E-state index in [2.05, 4.69) is 0 Å². The zero-order valence-electron chi connectivity index (χ0n) is 15.5. The fraction of sp³-hybridized carbons (Fsp3) is 0.529. The van der Waals surface area contributed by atoms with Crippen LogP contribution in [-0.4, -0.2) is 65.3 Å². The lowest BCUT2D eigenvalue weighted by atomic mass is 9.97. The van der Waals surface area contributed by atoms with Gasteiger partial charge in [0, 0.05) is 13.1 Å². The molecule has 2 rings (SSSR count). The van der Waals surface area contributed by atoms with Gasteiger partial charge in [0.1, 0.15) is 12.3 Å². The van der Waals surface area contributed by atoms with E-state index in [0.29, 0.717) is 31.7 Å². The number of carbonyl (C=O) groups excluding carboxylic acids is 2. The Morgan fingerprint density at radius 2 is 1.89 bits per heavy atom. The minimum Gasteiger partial charge on any atom is -0.495 e. The lowest BCUT2D eigenvalue weighted by Crippen LogP contribution is -2.46. The monoisotopic (exact) mass is 418 g/mol. The summed E-state index contributed by atoms with van der Waals surface area (Å²) < 4.78 is 35.2. The number of carbonyl (C=O) groups is 2. The van der Waals surface area contributed by atoms with Crippen molar-refractivity contribution in [1.82, 2.24) is 4.90 Å². The Hall–Kier alpha value is -2.00. The highest BCUT2D eigenvalue weighted by molar-refractivity contribution is 7.92. The molecule has 1 aromatic carbocycles. The van der Waals surface area contributed by atoms with Gasteiger partial charge in [0.15, 0.2) is 0 Å². The van der Waals surface area contributed by atoms with Gasteiger partial charge < -0.3 is 14.4 Å². The van der Waals surface area contributed by atoms with Crippen molar-refractivity contribution < 1.29 is 27.5 Å². The van der Waals surface area contributed by atoms with Crippen LogP contribution >= 0.6 is 11.6 Å². The highest BCUT2D eigenvalue weighted by Crippen LogP contribution is 2.30. The summed E-state index contributed by atoms with van der Waals surface area (Å²) in [6.45, 7) is 0.406. The van der Waals surface area contributed by atoms with E-state index in [4.69, 9.17) is 21.1 Å². The standard InChI is InChI=1S/C17H23ClN2O6S/c1-25-15-5-4-13(10-14(15)18)20(27(3,23)24)11-16(21)19-8-6-12(7-9-19)17(22)26-2/h4-5,10,12H,6-9,11H2,1-3H3. The molecule has 0 bridgehead atoms. The molecule has 0 spiro atoms. The van der Waals surface area contributed by atoms with E-state index < -0.39 is 10.0 Å². The summed E-state index contributed by atoms with van der Waals surface area (Å²) in [4.78, 5) is 25.8. The van der Waals surface area contributed by atoms with E-state index in [0.717, 1.165) is 10.6 Å². The number of anilines is 1. The van der Waals surface area contributed by atoms with Gasteiger partial charge in [-0.2, -0.15) is 0 Å². The van der Waals surface area contributed by atoms with Crippen LogP contribution in [0.15, 0.2) is 18.2 Å². The van der Waals surface area contributed by atoms with Crippen molar-refractivity contribution in [3.8, 4) is 5.75 Å². The first kappa shape index (κ1) is 21.3. The molecule has 1 amide bonds. The summed E-state index contributed by atoms with van der Waals surface area (Å²) >= 11 is 6.08. The number of ether oxygens (including phenoxy) is 2. The molecular weight excluding hydrogens is 396 g/mol. The van der Waals surface area contributed by atoms with Gasteiger partial charge in [0.05, 0.1) is 37.1 Å². The van der Waals surface area contributed by atoms with Gasteiger partial charge in [-0.15, -0.1) is 0 Å². The first-order chi connectivity index (χ1) is 12.7. The predicted octanol–water partition coefficient (Wildman–Crippen LogP) is 1.53. The van der Waals surface area contributed by atoms with Crippen molar-refractivity contribution in [2.24, 2.45) is 5.92 Å². The van der Waals surface area contributed by atoms with Crippen molar-refractivity contribution in [2.45, 2.75) is 12.8 Å². The summed E-state index contributed by atoms with van der Waals surface area (Å²) in [5.74, 6) is -0.445. The molecule has 150 valence electrons. The summed E-state index contributed by atoms with van der Waals surface area (Å²) in [5, 5.41) is 0.245. The van der Waals surface area contributed by atoms with Crippen molar-refractivity contribution in [2.75, 3.05) is 44.4 Å². The maximum absolute atomic E-state index is 12.6. The molecule has 1 saturated heterocycles. The predicted molar refractivity (Wildman–Crippen MR) is 102 cm³/mol. The number of halogens is 1. The Labute approximate surface area is 164 Å². The van der Waals surface area contributed by atoms with Gasteiger partial charge in [-0.05, 0) is 31.0 Å². The summed E-state index contributed by atoms with van der Waals surface area (Å²) in [6.07, 6.45) is 2.01. The second kappa shape index (κ2) is 8.79. The first-order valence-corrected chi connectivity index (χ1v) is 10.6. The van der Waals surface area contributed by atoms with Crippen molar-refractivity contribution in [3.05, 3.63) is 23.2 Å².